The van der Waals surface area contributed by atoms with Crippen molar-refractivity contribution in [2.45, 2.75) is 38.3 Å². The summed E-state index contributed by atoms with van der Waals surface area (Å²) in [6, 6.07) is 6.06. The highest BCUT2D eigenvalue weighted by atomic mass is 19.4. The summed E-state index contributed by atoms with van der Waals surface area (Å²) in [5.41, 5.74) is -0.976. The Balaban J connectivity index is 2.06. The summed E-state index contributed by atoms with van der Waals surface area (Å²) in [6.45, 7) is 1.01. The lowest BCUT2D eigenvalue weighted by Gasteiger charge is -2.26. The fraction of sp³-hybridized carbons (Fsp3) is 0.444. The van der Waals surface area contributed by atoms with Gasteiger partial charge in [-0.15, -0.1) is 0 Å². The molecule has 1 aromatic heterocycles. The van der Waals surface area contributed by atoms with Gasteiger partial charge < -0.3 is 4.90 Å². The predicted octanol–water partition coefficient (Wildman–Crippen LogP) is 4.66. The third-order valence-electron chi connectivity index (χ3n) is 4.43. The lowest BCUT2D eigenvalue weighted by Crippen LogP contribution is -2.35. The van der Waals surface area contributed by atoms with Gasteiger partial charge in [0.05, 0.1) is 16.6 Å². The van der Waals surface area contributed by atoms with E-state index in [0.29, 0.717) is 13.1 Å². The number of pyridine rings is 1. The van der Waals surface area contributed by atoms with Gasteiger partial charge in [-0.25, -0.2) is 0 Å². The topological polar surface area (TPSA) is 33.2 Å². The van der Waals surface area contributed by atoms with E-state index in [9.17, 15) is 18.0 Å². The molecule has 128 valence electrons. The quantitative estimate of drug-likeness (QED) is 0.759. The number of hydrogen-bond donors (Lipinski definition) is 0. The molecule has 3 rings (SSSR count). The monoisotopic (exact) mass is 336 g/mol. The molecule has 6 heteroatoms. The molecule has 2 heterocycles. The van der Waals surface area contributed by atoms with Crippen molar-refractivity contribution in [2.75, 3.05) is 13.1 Å². The van der Waals surface area contributed by atoms with Crippen LogP contribution in [0.4, 0.5) is 13.2 Å². The summed E-state index contributed by atoms with van der Waals surface area (Å²) in [4.78, 5) is 18.4. The first kappa shape index (κ1) is 16.7. The molecule has 0 N–H and O–H groups in total. The maximum atomic E-state index is 13.7. The number of nitrogens with zero attached hydrogens (tertiary/aromatic N) is 2. The van der Waals surface area contributed by atoms with Crippen molar-refractivity contribution in [3.05, 3.63) is 41.6 Å². The number of fused-ring (bicyclic) bond motifs is 1. The van der Waals surface area contributed by atoms with Crippen LogP contribution >= 0.6 is 0 Å². The number of likely N-dealkylation sites (tertiary alicyclic amines) is 1. The summed E-state index contributed by atoms with van der Waals surface area (Å²) in [6.07, 6.45) is 1.26. The van der Waals surface area contributed by atoms with Crippen LogP contribution in [0.5, 0.6) is 0 Å². The highest BCUT2D eigenvalue weighted by molar-refractivity contribution is 6.00. The van der Waals surface area contributed by atoms with Gasteiger partial charge >= 0.3 is 6.18 Å². The fourth-order valence-electron chi connectivity index (χ4n) is 3.23. The molecule has 1 aliphatic rings. The molecule has 3 nitrogen and oxygen atoms in total. The molecule has 0 aliphatic carbocycles. The maximum absolute atomic E-state index is 13.7. The lowest BCUT2D eigenvalue weighted by atomic mass is 10.0. The van der Waals surface area contributed by atoms with Crippen LogP contribution in [0.15, 0.2) is 30.5 Å². The van der Waals surface area contributed by atoms with Gasteiger partial charge in [0.25, 0.3) is 5.91 Å². The molecule has 2 aromatic rings. The second-order valence-corrected chi connectivity index (χ2v) is 6.12. The summed E-state index contributed by atoms with van der Waals surface area (Å²) in [5, 5.41) is -0.0251. The predicted molar refractivity (Wildman–Crippen MR) is 85.7 cm³/mol. The van der Waals surface area contributed by atoms with Crippen molar-refractivity contribution in [1.82, 2.24) is 9.88 Å². The smallest absolute Gasteiger partial charge is 0.339 e. The SMILES string of the molecule is O=C(c1cnc2ccccc2c1C(F)(F)F)N1CCCCCCC1. The molecule has 0 atom stereocenters. The molecule has 1 amide bonds. The largest absolute Gasteiger partial charge is 0.417 e. The molecule has 0 radical (unpaired) electrons. The number of para-hydroxylation sites is 1. The first-order valence-corrected chi connectivity index (χ1v) is 8.22. The Morgan fingerprint density at radius 1 is 1.00 bits per heavy atom. The van der Waals surface area contributed by atoms with Gasteiger partial charge in [0.2, 0.25) is 0 Å². The van der Waals surface area contributed by atoms with Crippen molar-refractivity contribution in [3.63, 3.8) is 0 Å². The normalized spacial score (nSPS) is 16.7. The molecule has 0 bridgehead atoms. The summed E-state index contributed by atoms with van der Waals surface area (Å²) in [7, 11) is 0. The molecule has 1 saturated heterocycles. The Morgan fingerprint density at radius 3 is 2.29 bits per heavy atom. The Morgan fingerprint density at radius 2 is 1.62 bits per heavy atom. The van der Waals surface area contributed by atoms with Crippen molar-refractivity contribution in [3.8, 4) is 0 Å². The number of benzene rings is 1. The number of rotatable bonds is 1. The number of amides is 1. The van der Waals surface area contributed by atoms with E-state index in [1.165, 1.54) is 18.2 Å². The summed E-state index contributed by atoms with van der Waals surface area (Å²) >= 11 is 0. The van der Waals surface area contributed by atoms with Crippen LogP contribution in [-0.2, 0) is 6.18 Å². The number of hydrogen-bond acceptors (Lipinski definition) is 2. The summed E-state index contributed by atoms with van der Waals surface area (Å²) in [5.74, 6) is -0.567. The minimum atomic E-state index is -4.60. The van der Waals surface area contributed by atoms with E-state index >= 15 is 0 Å². The average molecular weight is 336 g/mol. The second kappa shape index (κ2) is 6.79. The van der Waals surface area contributed by atoms with Crippen LogP contribution in [-0.4, -0.2) is 28.9 Å². The summed E-state index contributed by atoms with van der Waals surface area (Å²) < 4.78 is 41.0. The first-order chi connectivity index (χ1) is 11.5. The molecular formula is C18H19F3N2O. The average Bonchev–Trinajstić information content (AvgIpc) is 2.52. The Hall–Kier alpha value is -2.11. The Labute approximate surface area is 138 Å². The van der Waals surface area contributed by atoms with Gasteiger partial charge in [-0.3, -0.25) is 9.78 Å². The van der Waals surface area contributed by atoms with Gasteiger partial charge in [0.15, 0.2) is 0 Å². The van der Waals surface area contributed by atoms with E-state index < -0.39 is 17.6 Å². The fourth-order valence-corrected chi connectivity index (χ4v) is 3.23. The van der Waals surface area contributed by atoms with Crippen LogP contribution in [0, 0.1) is 0 Å². The standard InChI is InChI=1S/C18H19F3N2O/c19-18(20,21)16-13-8-4-5-9-15(13)22-12-14(16)17(24)23-10-6-2-1-3-7-11-23/h4-5,8-9,12H,1-3,6-7,10-11H2. The minimum absolute atomic E-state index is 0.0251. The van der Waals surface area contributed by atoms with Gasteiger partial charge in [-0.1, -0.05) is 37.5 Å². The molecule has 24 heavy (non-hydrogen) atoms. The lowest BCUT2D eigenvalue weighted by molar-refractivity contribution is -0.136. The number of aromatic nitrogens is 1. The molecular weight excluding hydrogens is 317 g/mol. The van der Waals surface area contributed by atoms with Gasteiger partial charge in [-0.2, -0.15) is 13.2 Å². The van der Waals surface area contributed by atoms with Crippen molar-refractivity contribution < 1.29 is 18.0 Å². The van der Waals surface area contributed by atoms with Crippen LogP contribution in [0.3, 0.4) is 0 Å². The molecule has 0 spiro atoms. The first-order valence-electron chi connectivity index (χ1n) is 8.22. The third-order valence-corrected chi connectivity index (χ3v) is 4.43. The maximum Gasteiger partial charge on any atom is 0.417 e. The molecule has 1 aromatic carbocycles. The molecule has 1 fully saturated rings. The van der Waals surface area contributed by atoms with E-state index in [1.807, 2.05) is 0 Å². The van der Waals surface area contributed by atoms with Crippen LogP contribution in [0.2, 0.25) is 0 Å². The molecule has 0 unspecified atom stereocenters. The number of carbonyl (C=O) groups is 1. The van der Waals surface area contributed by atoms with E-state index in [0.717, 1.165) is 38.3 Å². The van der Waals surface area contributed by atoms with Crippen LogP contribution in [0.1, 0.15) is 48.0 Å². The number of alkyl halides is 3. The van der Waals surface area contributed by atoms with Gasteiger partial charge in [0.1, 0.15) is 0 Å². The van der Waals surface area contributed by atoms with E-state index in [4.69, 9.17) is 0 Å². The van der Waals surface area contributed by atoms with Crippen molar-refractivity contribution in [2.24, 2.45) is 0 Å². The Kier molecular flexibility index (Phi) is 4.73. The van der Waals surface area contributed by atoms with Crippen LogP contribution in [0.25, 0.3) is 10.9 Å². The highest BCUT2D eigenvalue weighted by Crippen LogP contribution is 2.37. The highest BCUT2D eigenvalue weighted by Gasteiger charge is 2.38. The molecule has 0 saturated carbocycles. The number of halogens is 3. The Bertz CT molecular complexity index is 735. The van der Waals surface area contributed by atoms with Crippen molar-refractivity contribution >= 4 is 16.8 Å². The zero-order chi connectivity index (χ0) is 17.2. The third kappa shape index (κ3) is 3.37. The zero-order valence-corrected chi connectivity index (χ0v) is 13.3. The zero-order valence-electron chi connectivity index (χ0n) is 13.3. The van der Waals surface area contributed by atoms with E-state index in [1.54, 1.807) is 11.0 Å². The van der Waals surface area contributed by atoms with E-state index in [2.05, 4.69) is 4.98 Å². The molecule has 1 aliphatic heterocycles. The van der Waals surface area contributed by atoms with Gasteiger partial charge in [0, 0.05) is 24.7 Å². The minimum Gasteiger partial charge on any atom is -0.339 e. The van der Waals surface area contributed by atoms with Gasteiger partial charge in [-0.05, 0) is 18.9 Å². The number of carbonyl (C=O) groups excluding carboxylic acids is 1. The second-order valence-electron chi connectivity index (χ2n) is 6.12. The van der Waals surface area contributed by atoms with E-state index in [-0.39, 0.29) is 16.5 Å². The van der Waals surface area contributed by atoms with Crippen molar-refractivity contribution in [1.29, 1.82) is 0 Å². The van der Waals surface area contributed by atoms with Crippen LogP contribution < -0.4 is 0 Å².